The molecule has 0 spiro atoms. The van der Waals surface area contributed by atoms with Crippen LogP contribution in [0.3, 0.4) is 0 Å². The van der Waals surface area contributed by atoms with Crippen LogP contribution in [0, 0.1) is 11.3 Å². The lowest BCUT2D eigenvalue weighted by atomic mass is 9.65. The SMILES string of the molecule is CNC(Cc1ccc(Br)s1)C1CCCCC1(C)C. The molecule has 3 heteroatoms. The zero-order chi connectivity index (χ0) is 13.2. The van der Waals surface area contributed by atoms with E-state index in [1.807, 2.05) is 11.3 Å². The molecule has 1 fully saturated rings. The molecule has 1 aromatic rings. The summed E-state index contributed by atoms with van der Waals surface area (Å²) in [6.07, 6.45) is 6.74. The Morgan fingerprint density at radius 3 is 2.78 bits per heavy atom. The summed E-state index contributed by atoms with van der Waals surface area (Å²) in [7, 11) is 2.12. The fourth-order valence-electron chi connectivity index (χ4n) is 3.39. The Morgan fingerprint density at radius 2 is 2.22 bits per heavy atom. The second kappa shape index (κ2) is 6.06. The molecular formula is C15H24BrNS. The molecular weight excluding hydrogens is 306 g/mol. The Bertz CT molecular complexity index is 386. The van der Waals surface area contributed by atoms with Crippen molar-refractivity contribution >= 4 is 27.3 Å². The van der Waals surface area contributed by atoms with E-state index in [-0.39, 0.29) is 0 Å². The van der Waals surface area contributed by atoms with Crippen LogP contribution in [0.4, 0.5) is 0 Å². The van der Waals surface area contributed by atoms with E-state index >= 15 is 0 Å². The molecule has 0 saturated heterocycles. The molecule has 2 atom stereocenters. The number of hydrogen-bond acceptors (Lipinski definition) is 2. The topological polar surface area (TPSA) is 12.0 Å². The van der Waals surface area contributed by atoms with Gasteiger partial charge in [0.25, 0.3) is 0 Å². The van der Waals surface area contributed by atoms with Crippen molar-refractivity contribution in [2.45, 2.75) is 52.0 Å². The standard InChI is InChI=1S/C15H24BrNS/c1-15(2)9-5-4-6-12(15)13(17-3)10-11-7-8-14(16)18-11/h7-8,12-13,17H,4-6,9-10H2,1-3H3. The van der Waals surface area contributed by atoms with Crippen molar-refractivity contribution in [3.63, 3.8) is 0 Å². The molecule has 2 unspecified atom stereocenters. The molecule has 0 radical (unpaired) electrons. The van der Waals surface area contributed by atoms with Gasteiger partial charge in [0.15, 0.2) is 0 Å². The summed E-state index contributed by atoms with van der Waals surface area (Å²) in [6.45, 7) is 4.90. The van der Waals surface area contributed by atoms with Gasteiger partial charge in [-0.05, 0) is 65.7 Å². The Labute approximate surface area is 123 Å². The molecule has 0 aromatic carbocycles. The third kappa shape index (κ3) is 3.37. The molecule has 18 heavy (non-hydrogen) atoms. The van der Waals surface area contributed by atoms with E-state index < -0.39 is 0 Å². The van der Waals surface area contributed by atoms with E-state index in [9.17, 15) is 0 Å². The molecule has 1 nitrogen and oxygen atoms in total. The lowest BCUT2D eigenvalue weighted by Crippen LogP contribution is -2.44. The first-order valence-electron chi connectivity index (χ1n) is 6.94. The van der Waals surface area contributed by atoms with E-state index in [1.165, 1.54) is 40.8 Å². The van der Waals surface area contributed by atoms with Crippen LogP contribution in [0.25, 0.3) is 0 Å². The fourth-order valence-corrected chi connectivity index (χ4v) is 4.93. The predicted molar refractivity (Wildman–Crippen MR) is 84.3 cm³/mol. The molecule has 0 aliphatic heterocycles. The number of rotatable bonds is 4. The van der Waals surface area contributed by atoms with Crippen LogP contribution in [0.5, 0.6) is 0 Å². The van der Waals surface area contributed by atoms with Gasteiger partial charge in [0.2, 0.25) is 0 Å². The summed E-state index contributed by atoms with van der Waals surface area (Å²) in [5, 5.41) is 3.58. The lowest BCUT2D eigenvalue weighted by molar-refractivity contribution is 0.101. The van der Waals surface area contributed by atoms with Gasteiger partial charge in [-0.15, -0.1) is 11.3 Å². The maximum atomic E-state index is 3.58. The van der Waals surface area contributed by atoms with Gasteiger partial charge >= 0.3 is 0 Å². The van der Waals surface area contributed by atoms with E-state index in [0.29, 0.717) is 11.5 Å². The van der Waals surface area contributed by atoms with E-state index in [2.05, 4.69) is 54.3 Å². The summed E-state index contributed by atoms with van der Waals surface area (Å²) in [5.74, 6) is 0.803. The Kier molecular flexibility index (Phi) is 4.90. The van der Waals surface area contributed by atoms with Crippen molar-refractivity contribution in [2.75, 3.05) is 7.05 Å². The van der Waals surface area contributed by atoms with Crippen molar-refractivity contribution in [3.8, 4) is 0 Å². The third-order valence-electron chi connectivity index (χ3n) is 4.50. The smallest absolute Gasteiger partial charge is 0.0701 e. The molecule has 2 rings (SSSR count). The summed E-state index contributed by atoms with van der Waals surface area (Å²) in [4.78, 5) is 1.49. The fraction of sp³-hybridized carbons (Fsp3) is 0.733. The van der Waals surface area contributed by atoms with Crippen molar-refractivity contribution in [1.29, 1.82) is 0 Å². The maximum Gasteiger partial charge on any atom is 0.0701 e. The molecule has 1 aliphatic rings. The zero-order valence-corrected chi connectivity index (χ0v) is 14.0. The quantitative estimate of drug-likeness (QED) is 0.831. The molecule has 1 N–H and O–H groups in total. The van der Waals surface area contributed by atoms with Gasteiger partial charge < -0.3 is 5.32 Å². The highest BCUT2D eigenvalue weighted by atomic mass is 79.9. The van der Waals surface area contributed by atoms with E-state index in [1.54, 1.807) is 0 Å². The van der Waals surface area contributed by atoms with Crippen molar-refractivity contribution in [1.82, 2.24) is 5.32 Å². The summed E-state index contributed by atoms with van der Waals surface area (Å²) in [6, 6.07) is 5.04. The minimum atomic E-state index is 0.487. The van der Waals surface area contributed by atoms with E-state index in [0.717, 1.165) is 5.92 Å². The summed E-state index contributed by atoms with van der Waals surface area (Å²) >= 11 is 5.43. The second-order valence-corrected chi connectivity index (χ2v) is 8.69. The van der Waals surface area contributed by atoms with Gasteiger partial charge in [-0.25, -0.2) is 0 Å². The number of likely N-dealkylation sites (N-methyl/N-ethyl adjacent to an activating group) is 1. The van der Waals surface area contributed by atoms with Gasteiger partial charge in [-0.1, -0.05) is 26.7 Å². The highest BCUT2D eigenvalue weighted by Crippen LogP contribution is 2.43. The molecule has 1 heterocycles. The maximum absolute atomic E-state index is 3.58. The minimum Gasteiger partial charge on any atom is -0.316 e. The molecule has 102 valence electrons. The van der Waals surface area contributed by atoms with Crippen LogP contribution < -0.4 is 5.32 Å². The van der Waals surface area contributed by atoms with Gasteiger partial charge in [0.05, 0.1) is 3.79 Å². The van der Waals surface area contributed by atoms with Crippen LogP contribution >= 0.6 is 27.3 Å². The largest absolute Gasteiger partial charge is 0.316 e. The van der Waals surface area contributed by atoms with Crippen LogP contribution in [0.2, 0.25) is 0 Å². The first-order valence-corrected chi connectivity index (χ1v) is 8.55. The number of hydrogen-bond donors (Lipinski definition) is 1. The highest BCUT2D eigenvalue weighted by Gasteiger charge is 2.36. The van der Waals surface area contributed by atoms with Crippen molar-refractivity contribution in [3.05, 3.63) is 20.8 Å². The molecule has 1 aliphatic carbocycles. The van der Waals surface area contributed by atoms with Gasteiger partial charge in [-0.3, -0.25) is 0 Å². The van der Waals surface area contributed by atoms with Crippen LogP contribution in [-0.2, 0) is 6.42 Å². The van der Waals surface area contributed by atoms with Gasteiger partial charge in [0.1, 0.15) is 0 Å². The van der Waals surface area contributed by atoms with Crippen LogP contribution in [0.15, 0.2) is 15.9 Å². The number of halogens is 1. The molecule has 0 amide bonds. The first-order chi connectivity index (χ1) is 8.53. The van der Waals surface area contributed by atoms with Gasteiger partial charge in [0, 0.05) is 10.9 Å². The Morgan fingerprint density at radius 1 is 1.44 bits per heavy atom. The molecule has 1 aromatic heterocycles. The Balaban J connectivity index is 2.07. The normalized spacial score (nSPS) is 25.0. The minimum absolute atomic E-state index is 0.487. The second-order valence-electron chi connectivity index (χ2n) is 6.15. The highest BCUT2D eigenvalue weighted by molar-refractivity contribution is 9.11. The predicted octanol–water partition coefficient (Wildman–Crippen LogP) is 4.86. The zero-order valence-electron chi connectivity index (χ0n) is 11.6. The lowest BCUT2D eigenvalue weighted by Gasteiger charge is -2.43. The van der Waals surface area contributed by atoms with Crippen LogP contribution in [0.1, 0.15) is 44.4 Å². The van der Waals surface area contributed by atoms with E-state index in [4.69, 9.17) is 0 Å². The van der Waals surface area contributed by atoms with Crippen LogP contribution in [-0.4, -0.2) is 13.1 Å². The van der Waals surface area contributed by atoms with Gasteiger partial charge in [-0.2, -0.15) is 0 Å². The average molecular weight is 330 g/mol. The summed E-state index contributed by atoms with van der Waals surface area (Å²) in [5.41, 5.74) is 0.487. The molecule has 1 saturated carbocycles. The third-order valence-corrected chi connectivity index (χ3v) is 6.14. The number of nitrogens with one attached hydrogen (secondary N) is 1. The molecule has 0 bridgehead atoms. The monoisotopic (exact) mass is 329 g/mol. The summed E-state index contributed by atoms with van der Waals surface area (Å²) < 4.78 is 1.25. The number of thiophene rings is 1. The van der Waals surface area contributed by atoms with Crippen molar-refractivity contribution in [2.24, 2.45) is 11.3 Å². The Hall–Kier alpha value is 0.140. The first kappa shape index (κ1) is 14.5. The average Bonchev–Trinajstić information content (AvgIpc) is 2.72. The van der Waals surface area contributed by atoms with Crippen molar-refractivity contribution < 1.29 is 0 Å².